The first-order valence-electron chi connectivity index (χ1n) is 11.4. The summed E-state index contributed by atoms with van der Waals surface area (Å²) in [7, 11) is 1.85. The number of fused-ring (bicyclic) bond motifs is 1. The van der Waals surface area contributed by atoms with Crippen molar-refractivity contribution in [3.05, 3.63) is 69.8 Å². The van der Waals surface area contributed by atoms with Gasteiger partial charge in [0, 0.05) is 17.7 Å². The summed E-state index contributed by atoms with van der Waals surface area (Å²) in [5.74, 6) is 1.43. The molecular formula is C26H31N5S2. The number of nitriles is 2. The maximum atomic E-state index is 9.53. The van der Waals surface area contributed by atoms with Crippen molar-refractivity contribution >= 4 is 28.8 Å². The molecule has 7 heteroatoms. The van der Waals surface area contributed by atoms with Gasteiger partial charge in [-0.25, -0.2) is 0 Å². The molecule has 1 atom stereocenters. The Kier molecular flexibility index (Phi) is 9.69. The van der Waals surface area contributed by atoms with E-state index in [-0.39, 0.29) is 5.37 Å². The Morgan fingerprint density at radius 2 is 2.09 bits per heavy atom. The van der Waals surface area contributed by atoms with E-state index in [1.54, 1.807) is 23.7 Å². The van der Waals surface area contributed by atoms with Crippen molar-refractivity contribution in [1.29, 1.82) is 10.5 Å². The summed E-state index contributed by atoms with van der Waals surface area (Å²) in [6.07, 6.45) is 5.14. The number of thioether (sulfide) groups is 1. The molecule has 1 unspecified atom stereocenters. The van der Waals surface area contributed by atoms with E-state index < -0.39 is 0 Å². The number of aryl methyl sites for hydroxylation is 1. The summed E-state index contributed by atoms with van der Waals surface area (Å²) in [5.41, 5.74) is 10.5. The molecule has 2 aromatic rings. The number of nitrogens with one attached hydrogen (secondary N) is 2. The molecule has 33 heavy (non-hydrogen) atoms. The normalized spacial score (nSPS) is 16.2. The summed E-state index contributed by atoms with van der Waals surface area (Å²) >= 11 is 3.31. The standard InChI is InChI=1S/C22H23N3S.C4H8N2S/c1-14(2)11-16-9-10-17(12-18(16)13-23)21-24-25-22(26-21)20-8-4-6-15-5-3-7-19(15)20;1-6-7-4-2-3-5/h4,6,8-10,12,14,21,24H,3,5,7,11H2,1-2H3;6H,2,4H2,1H3. The van der Waals surface area contributed by atoms with Crippen LogP contribution < -0.4 is 10.1 Å². The van der Waals surface area contributed by atoms with Crippen LogP contribution in [-0.4, -0.2) is 17.8 Å². The van der Waals surface area contributed by atoms with Gasteiger partial charge in [-0.2, -0.15) is 15.6 Å². The fraction of sp³-hybridized carbons (Fsp3) is 0.423. The molecule has 0 radical (unpaired) electrons. The quantitative estimate of drug-likeness (QED) is 0.392. The number of hydrogen-bond donors (Lipinski definition) is 2. The molecule has 0 saturated carbocycles. The molecule has 2 aromatic carbocycles. The van der Waals surface area contributed by atoms with Gasteiger partial charge in [0.05, 0.1) is 17.7 Å². The minimum Gasteiger partial charge on any atom is -0.291 e. The van der Waals surface area contributed by atoms with Gasteiger partial charge in [-0.15, -0.1) is 0 Å². The molecule has 0 amide bonds. The lowest BCUT2D eigenvalue weighted by atomic mass is 9.97. The molecule has 4 rings (SSSR count). The van der Waals surface area contributed by atoms with Gasteiger partial charge in [-0.3, -0.25) is 10.1 Å². The van der Waals surface area contributed by atoms with Crippen molar-refractivity contribution < 1.29 is 0 Å². The Balaban J connectivity index is 0.000000383. The summed E-state index contributed by atoms with van der Waals surface area (Å²) in [6.45, 7) is 4.36. The highest BCUT2D eigenvalue weighted by atomic mass is 32.2. The fourth-order valence-corrected chi connectivity index (χ4v) is 5.48. The van der Waals surface area contributed by atoms with Crippen molar-refractivity contribution in [2.75, 3.05) is 12.8 Å². The predicted octanol–water partition coefficient (Wildman–Crippen LogP) is 5.71. The molecular weight excluding hydrogens is 446 g/mol. The highest BCUT2D eigenvalue weighted by Gasteiger charge is 2.26. The second-order valence-electron chi connectivity index (χ2n) is 8.43. The van der Waals surface area contributed by atoms with Gasteiger partial charge in [0.2, 0.25) is 0 Å². The van der Waals surface area contributed by atoms with Crippen LogP contribution in [0.3, 0.4) is 0 Å². The molecule has 0 fully saturated rings. The lowest BCUT2D eigenvalue weighted by molar-refractivity contribution is 0.645. The molecule has 2 N–H and O–H groups in total. The van der Waals surface area contributed by atoms with Crippen LogP contribution in [0.1, 0.15) is 65.4 Å². The van der Waals surface area contributed by atoms with E-state index in [0.29, 0.717) is 12.3 Å². The third kappa shape index (κ3) is 6.77. The van der Waals surface area contributed by atoms with Crippen molar-refractivity contribution in [1.82, 2.24) is 10.1 Å². The van der Waals surface area contributed by atoms with Gasteiger partial charge in [-0.05, 0) is 67.0 Å². The van der Waals surface area contributed by atoms with Crippen LogP contribution in [0, 0.1) is 28.6 Å². The molecule has 0 saturated heterocycles. The van der Waals surface area contributed by atoms with E-state index in [1.807, 2.05) is 19.2 Å². The zero-order chi connectivity index (χ0) is 23.6. The third-order valence-corrected chi connectivity index (χ3v) is 7.38. The number of nitrogens with zero attached hydrogens (tertiary/aromatic N) is 3. The SMILES string of the molecule is CC(C)Cc1ccc(C2NN=C(c3cccc4c3CCC4)S2)cc1C#N.CNSCCC#N. The average Bonchev–Trinajstić information content (AvgIpc) is 3.49. The van der Waals surface area contributed by atoms with Crippen LogP contribution in [0.4, 0.5) is 0 Å². The van der Waals surface area contributed by atoms with Crippen molar-refractivity contribution in [3.63, 3.8) is 0 Å². The lowest BCUT2D eigenvalue weighted by Gasteiger charge is -2.13. The number of rotatable bonds is 7. The second-order valence-corrected chi connectivity index (χ2v) is 10.6. The zero-order valence-corrected chi connectivity index (χ0v) is 21.2. The maximum absolute atomic E-state index is 9.53. The minimum atomic E-state index is 0.0717. The van der Waals surface area contributed by atoms with Gasteiger partial charge in [0.15, 0.2) is 0 Å². The highest BCUT2D eigenvalue weighted by Crippen LogP contribution is 2.37. The lowest BCUT2D eigenvalue weighted by Crippen LogP contribution is -2.08. The first-order valence-corrected chi connectivity index (χ1v) is 13.2. The number of benzene rings is 2. The molecule has 0 spiro atoms. The summed E-state index contributed by atoms with van der Waals surface area (Å²) < 4.78 is 2.87. The highest BCUT2D eigenvalue weighted by molar-refractivity contribution is 8.14. The van der Waals surface area contributed by atoms with E-state index in [2.05, 4.69) is 65.5 Å². The van der Waals surface area contributed by atoms with Crippen LogP contribution in [0.15, 0.2) is 41.5 Å². The Morgan fingerprint density at radius 1 is 1.24 bits per heavy atom. The zero-order valence-electron chi connectivity index (χ0n) is 19.5. The predicted molar refractivity (Wildman–Crippen MR) is 140 cm³/mol. The average molecular weight is 478 g/mol. The van der Waals surface area contributed by atoms with Crippen molar-refractivity contribution in [2.45, 2.75) is 51.3 Å². The van der Waals surface area contributed by atoms with E-state index >= 15 is 0 Å². The Bertz CT molecular complexity index is 1070. The molecule has 1 heterocycles. The van der Waals surface area contributed by atoms with E-state index in [9.17, 15) is 5.26 Å². The summed E-state index contributed by atoms with van der Waals surface area (Å²) in [4.78, 5) is 0. The molecule has 1 aliphatic heterocycles. The largest absolute Gasteiger partial charge is 0.291 e. The first-order chi connectivity index (χ1) is 16.1. The smallest absolute Gasteiger partial charge is 0.126 e. The molecule has 172 valence electrons. The van der Waals surface area contributed by atoms with Gasteiger partial charge in [-0.1, -0.05) is 67.9 Å². The summed E-state index contributed by atoms with van der Waals surface area (Å²) in [5, 5.41) is 23.3. The van der Waals surface area contributed by atoms with Crippen molar-refractivity contribution in [3.8, 4) is 12.1 Å². The van der Waals surface area contributed by atoms with Crippen LogP contribution in [0.25, 0.3) is 0 Å². The van der Waals surface area contributed by atoms with Crippen molar-refractivity contribution in [2.24, 2.45) is 11.0 Å². The fourth-order valence-electron chi connectivity index (χ4n) is 4.05. The van der Waals surface area contributed by atoms with E-state index in [0.717, 1.165) is 40.3 Å². The Hall–Kier alpha value is -2.45. The number of hydrazone groups is 1. The Morgan fingerprint density at radius 3 is 2.82 bits per heavy atom. The van der Waals surface area contributed by atoms with Crippen LogP contribution in [0.2, 0.25) is 0 Å². The monoisotopic (exact) mass is 477 g/mol. The molecule has 0 bridgehead atoms. The van der Waals surface area contributed by atoms with Gasteiger partial charge in [0.25, 0.3) is 0 Å². The van der Waals surface area contributed by atoms with Crippen LogP contribution in [-0.2, 0) is 19.3 Å². The third-order valence-electron chi connectivity index (χ3n) is 5.53. The van der Waals surface area contributed by atoms with E-state index in [4.69, 9.17) is 5.26 Å². The molecule has 1 aliphatic carbocycles. The van der Waals surface area contributed by atoms with E-state index in [1.165, 1.54) is 29.5 Å². The topological polar surface area (TPSA) is 84.0 Å². The molecule has 2 aliphatic rings. The van der Waals surface area contributed by atoms with Crippen LogP contribution in [0.5, 0.6) is 0 Å². The maximum Gasteiger partial charge on any atom is 0.126 e. The minimum absolute atomic E-state index is 0.0717. The summed E-state index contributed by atoms with van der Waals surface area (Å²) in [6, 6.07) is 17.2. The van der Waals surface area contributed by atoms with Crippen LogP contribution >= 0.6 is 23.7 Å². The van der Waals surface area contributed by atoms with Gasteiger partial charge < -0.3 is 0 Å². The number of hydrogen-bond acceptors (Lipinski definition) is 7. The van der Waals surface area contributed by atoms with Gasteiger partial charge >= 0.3 is 0 Å². The Labute approximate surface area is 206 Å². The van der Waals surface area contributed by atoms with Gasteiger partial charge in [0.1, 0.15) is 10.4 Å². The first kappa shape index (κ1) is 25.2. The molecule has 5 nitrogen and oxygen atoms in total. The molecule has 0 aromatic heterocycles. The second kappa shape index (κ2) is 12.7.